The Labute approximate surface area is 136 Å². The highest BCUT2D eigenvalue weighted by molar-refractivity contribution is 7.17. The third-order valence-corrected chi connectivity index (χ3v) is 5.01. The van der Waals surface area contributed by atoms with Crippen LogP contribution in [0.25, 0.3) is 32.7 Å². The number of aryl methyl sites for hydroxylation is 2. The molecule has 0 radical (unpaired) electrons. The Hall–Kier alpha value is -2.66. The van der Waals surface area contributed by atoms with E-state index in [-0.39, 0.29) is 5.56 Å². The first-order valence-electron chi connectivity index (χ1n) is 7.36. The zero-order chi connectivity index (χ0) is 16.0. The molecular weight excluding hydrogens is 306 g/mol. The molecule has 3 aromatic heterocycles. The van der Waals surface area contributed by atoms with Crippen molar-refractivity contribution in [2.24, 2.45) is 0 Å². The first kappa shape index (κ1) is 14.0. The van der Waals surface area contributed by atoms with Gasteiger partial charge in [-0.05, 0) is 36.6 Å². The van der Waals surface area contributed by atoms with Gasteiger partial charge in [0.25, 0.3) is 5.56 Å². The van der Waals surface area contributed by atoms with Gasteiger partial charge in [-0.15, -0.1) is 11.3 Å². The van der Waals surface area contributed by atoms with Crippen molar-refractivity contribution in [3.8, 4) is 22.5 Å². The van der Waals surface area contributed by atoms with Crippen molar-refractivity contribution in [2.45, 2.75) is 13.8 Å². The van der Waals surface area contributed by atoms with E-state index in [1.165, 1.54) is 22.5 Å². The predicted octanol–water partition coefficient (Wildman–Crippen LogP) is 4.26. The van der Waals surface area contributed by atoms with Crippen molar-refractivity contribution in [1.82, 2.24) is 15.0 Å². The first-order chi connectivity index (χ1) is 11.1. The number of nitrogens with zero attached hydrogens (tertiary/aromatic N) is 1. The second-order valence-corrected chi connectivity index (χ2v) is 6.50. The minimum atomic E-state index is -0.0966. The van der Waals surface area contributed by atoms with E-state index in [1.54, 1.807) is 0 Å². The molecule has 0 unspecified atom stereocenters. The smallest absolute Gasteiger partial charge is 0.260 e. The van der Waals surface area contributed by atoms with Gasteiger partial charge in [-0.3, -0.25) is 4.79 Å². The lowest BCUT2D eigenvalue weighted by atomic mass is 10.0. The zero-order valence-electron chi connectivity index (χ0n) is 12.8. The van der Waals surface area contributed by atoms with E-state index in [9.17, 15) is 4.79 Å². The van der Waals surface area contributed by atoms with E-state index in [1.807, 2.05) is 23.8 Å². The Balaban J connectivity index is 1.93. The minimum Gasteiger partial charge on any atom is -0.367 e. The van der Waals surface area contributed by atoms with Crippen LogP contribution in [0.3, 0.4) is 0 Å². The Morgan fingerprint density at radius 2 is 1.96 bits per heavy atom. The summed E-state index contributed by atoms with van der Waals surface area (Å²) in [6, 6.07) is 8.16. The van der Waals surface area contributed by atoms with Crippen LogP contribution in [0.1, 0.15) is 11.1 Å². The van der Waals surface area contributed by atoms with Gasteiger partial charge < -0.3 is 9.97 Å². The molecular formula is C18H15N3OS. The van der Waals surface area contributed by atoms with Gasteiger partial charge in [-0.1, -0.05) is 18.2 Å². The molecule has 0 fully saturated rings. The first-order valence-corrected chi connectivity index (χ1v) is 8.24. The molecule has 4 nitrogen and oxygen atoms in total. The number of H-pyrrole nitrogens is 2. The molecule has 0 bridgehead atoms. The van der Waals surface area contributed by atoms with Gasteiger partial charge in [-0.2, -0.15) is 0 Å². The minimum absolute atomic E-state index is 0.0966. The molecule has 0 aliphatic heterocycles. The third kappa shape index (κ3) is 2.29. The zero-order valence-corrected chi connectivity index (χ0v) is 13.6. The maximum absolute atomic E-state index is 12.6. The molecule has 0 aliphatic carbocycles. The fraction of sp³-hybridized carbons (Fsp3) is 0.111. The molecule has 3 heterocycles. The summed E-state index contributed by atoms with van der Waals surface area (Å²) in [4.78, 5) is 23.8. The monoisotopic (exact) mass is 321 g/mol. The van der Waals surface area contributed by atoms with Crippen LogP contribution in [0.4, 0.5) is 0 Å². The van der Waals surface area contributed by atoms with E-state index in [2.05, 4.69) is 47.0 Å². The second-order valence-electron chi connectivity index (χ2n) is 5.64. The summed E-state index contributed by atoms with van der Waals surface area (Å²) < 4.78 is 0. The van der Waals surface area contributed by atoms with E-state index in [4.69, 9.17) is 0 Å². The summed E-state index contributed by atoms with van der Waals surface area (Å²) in [5.74, 6) is 0.595. The van der Waals surface area contributed by atoms with Gasteiger partial charge in [0.1, 0.15) is 10.7 Å². The molecule has 114 valence electrons. The van der Waals surface area contributed by atoms with Gasteiger partial charge in [-0.25, -0.2) is 4.98 Å². The summed E-state index contributed by atoms with van der Waals surface area (Å²) in [6.45, 7) is 4.17. The van der Waals surface area contributed by atoms with Crippen molar-refractivity contribution < 1.29 is 0 Å². The summed E-state index contributed by atoms with van der Waals surface area (Å²) in [6.07, 6.45) is 3.64. The van der Waals surface area contributed by atoms with Crippen LogP contribution in [0.15, 0.2) is 46.8 Å². The fourth-order valence-electron chi connectivity index (χ4n) is 2.68. The number of hydrogen-bond donors (Lipinski definition) is 2. The van der Waals surface area contributed by atoms with E-state index >= 15 is 0 Å². The SMILES string of the molecule is Cc1ccc(-c2csc3nc(-c4cc[nH]c4)[nH]c(=O)c23)cc1C. The van der Waals surface area contributed by atoms with Crippen LogP contribution in [-0.2, 0) is 0 Å². The summed E-state index contributed by atoms with van der Waals surface area (Å²) in [5.41, 5.74) is 5.25. The molecule has 0 saturated heterocycles. The highest BCUT2D eigenvalue weighted by atomic mass is 32.1. The molecule has 0 aliphatic rings. The number of aromatic nitrogens is 3. The van der Waals surface area contributed by atoms with Crippen molar-refractivity contribution in [1.29, 1.82) is 0 Å². The summed E-state index contributed by atoms with van der Waals surface area (Å²) in [5, 5.41) is 2.68. The maximum Gasteiger partial charge on any atom is 0.260 e. The Kier molecular flexibility index (Phi) is 3.16. The number of nitrogens with one attached hydrogen (secondary N) is 2. The largest absolute Gasteiger partial charge is 0.367 e. The number of thiophene rings is 1. The standard InChI is InChI=1S/C18H15N3OS/c1-10-3-4-12(7-11(10)2)14-9-23-18-15(14)17(22)20-16(21-18)13-5-6-19-8-13/h3-9,19H,1-2H3,(H,20,21,22). The molecule has 1 aromatic carbocycles. The van der Waals surface area contributed by atoms with Crippen LogP contribution in [0.2, 0.25) is 0 Å². The van der Waals surface area contributed by atoms with Crippen LogP contribution >= 0.6 is 11.3 Å². The second kappa shape index (κ2) is 5.21. The molecule has 4 aromatic rings. The Morgan fingerprint density at radius 1 is 1.09 bits per heavy atom. The predicted molar refractivity (Wildman–Crippen MR) is 94.9 cm³/mol. The molecule has 4 rings (SSSR count). The van der Waals surface area contributed by atoms with Gasteiger partial charge >= 0.3 is 0 Å². The van der Waals surface area contributed by atoms with Crippen molar-refractivity contribution in [3.05, 3.63) is 63.5 Å². The normalized spacial score (nSPS) is 11.2. The number of fused-ring (bicyclic) bond motifs is 1. The van der Waals surface area contributed by atoms with E-state index < -0.39 is 0 Å². The van der Waals surface area contributed by atoms with Gasteiger partial charge in [0.15, 0.2) is 0 Å². The summed E-state index contributed by atoms with van der Waals surface area (Å²) >= 11 is 1.50. The van der Waals surface area contributed by atoms with Crippen LogP contribution in [-0.4, -0.2) is 15.0 Å². The Bertz CT molecular complexity index is 1060. The number of aromatic amines is 2. The average molecular weight is 321 g/mol. The molecule has 5 heteroatoms. The molecule has 0 saturated carbocycles. The fourth-order valence-corrected chi connectivity index (χ4v) is 3.63. The van der Waals surface area contributed by atoms with Crippen LogP contribution < -0.4 is 5.56 Å². The molecule has 2 N–H and O–H groups in total. The molecule has 23 heavy (non-hydrogen) atoms. The van der Waals surface area contributed by atoms with Crippen LogP contribution in [0, 0.1) is 13.8 Å². The number of rotatable bonds is 2. The van der Waals surface area contributed by atoms with Gasteiger partial charge in [0, 0.05) is 28.9 Å². The molecule has 0 spiro atoms. The van der Waals surface area contributed by atoms with Crippen molar-refractivity contribution in [3.63, 3.8) is 0 Å². The maximum atomic E-state index is 12.6. The lowest BCUT2D eigenvalue weighted by Crippen LogP contribution is -2.08. The summed E-state index contributed by atoms with van der Waals surface area (Å²) in [7, 11) is 0. The lowest BCUT2D eigenvalue weighted by molar-refractivity contribution is 1.19. The Morgan fingerprint density at radius 3 is 2.70 bits per heavy atom. The van der Waals surface area contributed by atoms with Crippen molar-refractivity contribution >= 4 is 21.6 Å². The number of hydrogen-bond acceptors (Lipinski definition) is 3. The van der Waals surface area contributed by atoms with E-state index in [0.717, 1.165) is 21.5 Å². The van der Waals surface area contributed by atoms with Crippen LogP contribution in [0.5, 0.6) is 0 Å². The van der Waals surface area contributed by atoms with Gasteiger partial charge in [0.05, 0.1) is 5.39 Å². The molecule has 0 atom stereocenters. The highest BCUT2D eigenvalue weighted by Gasteiger charge is 2.14. The van der Waals surface area contributed by atoms with E-state index in [0.29, 0.717) is 11.2 Å². The van der Waals surface area contributed by atoms with Crippen molar-refractivity contribution in [2.75, 3.05) is 0 Å². The molecule has 0 amide bonds. The average Bonchev–Trinajstić information content (AvgIpc) is 3.19. The van der Waals surface area contributed by atoms with Gasteiger partial charge in [0.2, 0.25) is 0 Å². The number of benzene rings is 1. The third-order valence-electron chi connectivity index (χ3n) is 4.13. The quantitative estimate of drug-likeness (QED) is 0.579. The highest BCUT2D eigenvalue weighted by Crippen LogP contribution is 2.32. The topological polar surface area (TPSA) is 61.5 Å². The lowest BCUT2D eigenvalue weighted by Gasteiger charge is -2.04.